The lowest BCUT2D eigenvalue weighted by molar-refractivity contribution is 0.0972. The van der Waals surface area contributed by atoms with E-state index in [1.54, 1.807) is 0 Å². The predicted octanol–water partition coefficient (Wildman–Crippen LogP) is 3.17. The van der Waals surface area contributed by atoms with Crippen molar-refractivity contribution in [3.63, 3.8) is 0 Å². The second kappa shape index (κ2) is 3.89. The molecule has 0 saturated carbocycles. The number of carbonyl (C=O) groups excluding carboxylic acids is 2. The highest BCUT2D eigenvalue weighted by Gasteiger charge is 2.25. The zero-order valence-electron chi connectivity index (χ0n) is 9.05. The maximum Gasteiger partial charge on any atom is 0.172 e. The highest BCUT2D eigenvalue weighted by Crippen LogP contribution is 2.34. The minimum atomic E-state index is 0.166. The smallest absolute Gasteiger partial charge is 0.172 e. The zero-order chi connectivity index (χ0) is 11.0. The fraction of sp³-hybridized carbons (Fsp3) is 0.500. The average Bonchev–Trinajstić information content (AvgIpc) is 2.56. The maximum absolute atomic E-state index is 11.7. The van der Waals surface area contributed by atoms with Gasteiger partial charge in [-0.05, 0) is 25.3 Å². The van der Waals surface area contributed by atoms with Crippen molar-refractivity contribution in [3.05, 3.63) is 20.9 Å². The molecule has 1 aliphatic rings. The molecule has 3 heteroatoms. The van der Waals surface area contributed by atoms with E-state index in [-0.39, 0.29) is 11.6 Å². The van der Waals surface area contributed by atoms with Gasteiger partial charge >= 0.3 is 0 Å². The molecule has 2 nitrogen and oxygen atoms in total. The molecule has 1 aliphatic carbocycles. The summed E-state index contributed by atoms with van der Waals surface area (Å²) in [5.74, 6) is 0.389. The first-order valence-corrected chi connectivity index (χ1v) is 6.15. The number of thiophene rings is 1. The van der Waals surface area contributed by atoms with Gasteiger partial charge in [-0.3, -0.25) is 9.59 Å². The molecule has 15 heavy (non-hydrogen) atoms. The number of fused-ring (bicyclic) bond motifs is 1. The molecule has 80 valence electrons. The highest BCUT2D eigenvalue weighted by atomic mass is 32.1. The van der Waals surface area contributed by atoms with Crippen LogP contribution in [0.25, 0.3) is 0 Å². The first-order valence-electron chi connectivity index (χ1n) is 5.33. The molecule has 0 N–H and O–H groups in total. The van der Waals surface area contributed by atoms with Crippen LogP contribution in [0.3, 0.4) is 0 Å². The summed E-state index contributed by atoms with van der Waals surface area (Å²) in [6.07, 6.45) is 3.06. The summed E-state index contributed by atoms with van der Waals surface area (Å²) >= 11 is 1.53. The summed E-state index contributed by atoms with van der Waals surface area (Å²) < 4.78 is 0. The summed E-state index contributed by atoms with van der Waals surface area (Å²) in [6.45, 7) is 3.77. The number of ketones is 2. The molecular weight excluding hydrogens is 208 g/mol. The zero-order valence-corrected chi connectivity index (χ0v) is 9.87. The Labute approximate surface area is 93.3 Å². The Hall–Kier alpha value is -0.960. The Morgan fingerprint density at radius 1 is 1.40 bits per heavy atom. The third-order valence-corrected chi connectivity index (χ3v) is 4.27. The lowest BCUT2D eigenvalue weighted by Gasteiger charge is -2.09. The average molecular weight is 222 g/mol. The van der Waals surface area contributed by atoms with Crippen LogP contribution in [-0.4, -0.2) is 11.6 Å². The van der Waals surface area contributed by atoms with Crippen molar-refractivity contribution >= 4 is 22.9 Å². The van der Waals surface area contributed by atoms with Gasteiger partial charge in [0.1, 0.15) is 0 Å². The van der Waals surface area contributed by atoms with Crippen molar-refractivity contribution in [2.45, 2.75) is 39.5 Å². The molecule has 0 unspecified atom stereocenters. The number of aryl methyl sites for hydroxylation is 1. The monoisotopic (exact) mass is 222 g/mol. The van der Waals surface area contributed by atoms with Gasteiger partial charge in [0, 0.05) is 23.3 Å². The van der Waals surface area contributed by atoms with Gasteiger partial charge < -0.3 is 0 Å². The Balaban J connectivity index is 2.53. The van der Waals surface area contributed by atoms with E-state index < -0.39 is 0 Å². The summed E-state index contributed by atoms with van der Waals surface area (Å²) in [4.78, 5) is 25.3. The van der Waals surface area contributed by atoms with Crippen LogP contribution in [0.5, 0.6) is 0 Å². The van der Waals surface area contributed by atoms with Crippen LogP contribution in [0.15, 0.2) is 0 Å². The van der Waals surface area contributed by atoms with Crippen molar-refractivity contribution in [2.75, 3.05) is 0 Å². The Bertz CT molecular complexity index is 429. The lowest BCUT2D eigenvalue weighted by atomic mass is 9.94. The third-order valence-electron chi connectivity index (χ3n) is 2.88. The predicted molar refractivity (Wildman–Crippen MR) is 60.9 cm³/mol. The van der Waals surface area contributed by atoms with Crippen molar-refractivity contribution in [3.8, 4) is 0 Å². The first kappa shape index (κ1) is 10.6. The van der Waals surface area contributed by atoms with Crippen LogP contribution >= 0.6 is 11.3 Å². The van der Waals surface area contributed by atoms with E-state index >= 15 is 0 Å². The molecular formula is C12H14O2S. The molecule has 0 atom stereocenters. The lowest BCUT2D eigenvalue weighted by Crippen LogP contribution is -2.09. The molecule has 0 fully saturated rings. The van der Waals surface area contributed by atoms with E-state index in [0.29, 0.717) is 12.8 Å². The van der Waals surface area contributed by atoms with E-state index in [2.05, 4.69) is 0 Å². The third kappa shape index (κ3) is 1.65. The van der Waals surface area contributed by atoms with Gasteiger partial charge in [0.15, 0.2) is 11.6 Å². The maximum atomic E-state index is 11.7. The van der Waals surface area contributed by atoms with E-state index in [1.165, 1.54) is 11.3 Å². The largest absolute Gasteiger partial charge is 0.294 e. The molecule has 1 aromatic heterocycles. The molecule has 0 saturated heterocycles. The molecule has 0 aliphatic heterocycles. The number of hydrogen-bond acceptors (Lipinski definition) is 3. The van der Waals surface area contributed by atoms with Crippen molar-refractivity contribution in [1.29, 1.82) is 0 Å². The normalized spacial score (nSPS) is 15.2. The summed E-state index contributed by atoms with van der Waals surface area (Å²) in [5, 5.41) is 0. The molecule has 1 aromatic rings. The molecule has 2 rings (SSSR count). The molecule has 1 heterocycles. The van der Waals surface area contributed by atoms with E-state index in [0.717, 1.165) is 33.7 Å². The van der Waals surface area contributed by atoms with Crippen molar-refractivity contribution < 1.29 is 9.59 Å². The fourth-order valence-electron chi connectivity index (χ4n) is 2.08. The van der Waals surface area contributed by atoms with Crippen LogP contribution in [0, 0.1) is 6.92 Å². The standard InChI is InChI=1S/C12H14O2S/c1-3-8(13)12-7(2)11-9(14)5-4-6-10(11)15-12/h3-6H2,1-2H3. The number of Topliss-reactive ketones (excluding diaryl/α,β-unsaturated/α-hetero) is 2. The molecule has 0 aromatic carbocycles. The van der Waals surface area contributed by atoms with Crippen molar-refractivity contribution in [2.24, 2.45) is 0 Å². The summed E-state index contributed by atoms with van der Waals surface area (Å²) in [7, 11) is 0. The first-order chi connectivity index (χ1) is 7.15. The van der Waals surface area contributed by atoms with Gasteiger partial charge in [-0.1, -0.05) is 6.92 Å². The van der Waals surface area contributed by atoms with Gasteiger partial charge in [-0.25, -0.2) is 0 Å². The van der Waals surface area contributed by atoms with Gasteiger partial charge in [-0.15, -0.1) is 11.3 Å². The van der Waals surface area contributed by atoms with Crippen LogP contribution in [0.4, 0.5) is 0 Å². The number of rotatable bonds is 2. The van der Waals surface area contributed by atoms with E-state index in [1.807, 2.05) is 13.8 Å². The molecule has 0 radical (unpaired) electrons. The van der Waals surface area contributed by atoms with Crippen LogP contribution in [0.2, 0.25) is 0 Å². The van der Waals surface area contributed by atoms with Gasteiger partial charge in [0.2, 0.25) is 0 Å². The Morgan fingerprint density at radius 3 is 2.73 bits per heavy atom. The Morgan fingerprint density at radius 2 is 2.13 bits per heavy atom. The summed E-state index contributed by atoms with van der Waals surface area (Å²) in [5.41, 5.74) is 1.77. The topological polar surface area (TPSA) is 34.1 Å². The second-order valence-corrected chi connectivity index (χ2v) is 5.01. The van der Waals surface area contributed by atoms with Gasteiger partial charge in [0.25, 0.3) is 0 Å². The molecule has 0 amide bonds. The second-order valence-electron chi connectivity index (χ2n) is 3.91. The minimum absolute atomic E-state index is 0.166. The van der Waals surface area contributed by atoms with Crippen LogP contribution < -0.4 is 0 Å². The van der Waals surface area contributed by atoms with Crippen LogP contribution in [-0.2, 0) is 6.42 Å². The Kier molecular flexibility index (Phi) is 2.74. The SMILES string of the molecule is CCC(=O)c1sc2c(c1C)C(=O)CCC2. The molecule has 0 bridgehead atoms. The quantitative estimate of drug-likeness (QED) is 0.720. The minimum Gasteiger partial charge on any atom is -0.294 e. The van der Waals surface area contributed by atoms with E-state index in [9.17, 15) is 9.59 Å². The molecule has 0 spiro atoms. The van der Waals surface area contributed by atoms with E-state index in [4.69, 9.17) is 0 Å². The summed E-state index contributed by atoms with van der Waals surface area (Å²) in [6, 6.07) is 0. The fourth-order valence-corrected chi connectivity index (χ4v) is 3.45. The number of hydrogen-bond donors (Lipinski definition) is 0. The van der Waals surface area contributed by atoms with Gasteiger partial charge in [0.05, 0.1) is 4.88 Å². The highest BCUT2D eigenvalue weighted by molar-refractivity contribution is 7.14. The van der Waals surface area contributed by atoms with Gasteiger partial charge in [-0.2, -0.15) is 0 Å². The van der Waals surface area contributed by atoms with Crippen LogP contribution in [0.1, 0.15) is 56.7 Å². The number of carbonyl (C=O) groups is 2. The van der Waals surface area contributed by atoms with Crippen molar-refractivity contribution in [1.82, 2.24) is 0 Å².